The maximum Gasteiger partial charge on any atom is 0.435 e. The van der Waals surface area contributed by atoms with Crippen molar-refractivity contribution in [2.75, 3.05) is 11.0 Å². The van der Waals surface area contributed by atoms with Crippen LogP contribution in [0.2, 0.25) is 0 Å². The monoisotopic (exact) mass is 681 g/mol. The van der Waals surface area contributed by atoms with Crippen LogP contribution in [0.25, 0.3) is 0 Å². The second-order valence-electron chi connectivity index (χ2n) is 9.89. The topological polar surface area (TPSA) is 106 Å². The number of rotatable bonds is 8. The van der Waals surface area contributed by atoms with E-state index in [0.717, 1.165) is 30.7 Å². The number of carbonyl (C=O) groups is 1. The number of alkyl halides is 5. The second-order valence-corrected chi connectivity index (χ2v) is 12.5. The van der Waals surface area contributed by atoms with Crippen LogP contribution in [0.3, 0.4) is 0 Å². The number of benzene rings is 1. The fourth-order valence-electron chi connectivity index (χ4n) is 5.11. The third-order valence-corrected chi connectivity index (χ3v) is 7.97. The summed E-state index contributed by atoms with van der Waals surface area (Å²) in [4.78, 5) is 17.3. The van der Waals surface area contributed by atoms with Gasteiger partial charge in [-0.1, -0.05) is 12.2 Å². The molecule has 0 saturated carbocycles. The number of sulfonamides is 1. The van der Waals surface area contributed by atoms with Gasteiger partial charge >= 0.3 is 6.18 Å². The molecule has 0 aliphatic heterocycles. The summed E-state index contributed by atoms with van der Waals surface area (Å²) < 4.78 is 125. The highest BCUT2D eigenvalue weighted by Crippen LogP contribution is 2.60. The van der Waals surface area contributed by atoms with E-state index >= 15 is 8.78 Å². The Morgan fingerprint density at radius 2 is 1.81 bits per heavy atom. The van der Waals surface area contributed by atoms with Crippen LogP contribution in [0.1, 0.15) is 40.2 Å². The molecule has 3 aromatic rings. The van der Waals surface area contributed by atoms with E-state index in [1.807, 2.05) is 0 Å². The number of nitrogens with zero attached hydrogens (tertiary/aromatic N) is 3. The number of halogens is 8. The minimum absolute atomic E-state index is 0.0345. The van der Waals surface area contributed by atoms with Gasteiger partial charge in [0.25, 0.3) is 5.92 Å². The number of anilines is 1. The van der Waals surface area contributed by atoms with Crippen LogP contribution < -0.4 is 10.0 Å². The molecule has 2 aromatic heterocycles. The molecule has 0 fully saturated rings. The molecular formula is C25H19BrF7N5O3S. The molecule has 2 aliphatic carbocycles. The summed E-state index contributed by atoms with van der Waals surface area (Å²) in [5.74, 6) is -9.30. The standard InChI is InChI=1S/C25H19BrF7N5O3S/c1-42(40,41)37-14-8-17(26)21(34-9-14)18(6-11-4-12(27)7-13(28)5-11)35-19(39)10-38-23-20(22(36-38)25(31,32)33)15-2-3-16(15)24(23,29)30/h2-5,7-9,15-16,18,37H,6,10H2,1H3,(H,35,39)/t15-,16+,18-/m0/s1. The van der Waals surface area contributed by atoms with Crippen LogP contribution in [0.4, 0.5) is 36.4 Å². The quantitative estimate of drug-likeness (QED) is 0.252. The Balaban J connectivity index is 1.48. The molecule has 8 nitrogen and oxygen atoms in total. The predicted octanol–water partition coefficient (Wildman–Crippen LogP) is 5.18. The Bertz CT molecular complexity index is 1710. The summed E-state index contributed by atoms with van der Waals surface area (Å²) in [7, 11) is -3.68. The highest BCUT2D eigenvalue weighted by atomic mass is 79.9. The van der Waals surface area contributed by atoms with Crippen LogP contribution in [0.5, 0.6) is 0 Å². The third-order valence-electron chi connectivity index (χ3n) is 6.73. The summed E-state index contributed by atoms with van der Waals surface area (Å²) in [6.07, 6.45) is -1.01. The zero-order chi connectivity index (χ0) is 30.8. The second kappa shape index (κ2) is 10.4. The highest BCUT2D eigenvalue weighted by Gasteiger charge is 2.61. The minimum atomic E-state index is -5.05. The van der Waals surface area contributed by atoms with E-state index in [2.05, 4.69) is 36.1 Å². The summed E-state index contributed by atoms with van der Waals surface area (Å²) >= 11 is 3.21. The van der Waals surface area contributed by atoms with Gasteiger partial charge in [0, 0.05) is 22.0 Å². The van der Waals surface area contributed by atoms with Gasteiger partial charge in [0.05, 0.1) is 35.8 Å². The number of amides is 1. The molecule has 2 heterocycles. The molecule has 17 heteroatoms. The number of carbonyl (C=O) groups excluding carboxylic acids is 1. The lowest BCUT2D eigenvalue weighted by atomic mass is 9.81. The minimum Gasteiger partial charge on any atom is -0.346 e. The first-order valence-corrected chi connectivity index (χ1v) is 14.7. The van der Waals surface area contributed by atoms with Crippen LogP contribution in [0, 0.1) is 17.6 Å². The largest absolute Gasteiger partial charge is 0.435 e. The average molecular weight is 682 g/mol. The van der Waals surface area contributed by atoms with Crippen LogP contribution in [0.15, 0.2) is 47.1 Å². The Hall–Kier alpha value is -3.47. The van der Waals surface area contributed by atoms with Crippen molar-refractivity contribution >= 4 is 37.5 Å². The summed E-state index contributed by atoms with van der Waals surface area (Å²) in [6.45, 7) is -1.03. The van der Waals surface area contributed by atoms with Crippen molar-refractivity contribution in [3.05, 3.63) is 86.9 Å². The number of pyridine rings is 1. The van der Waals surface area contributed by atoms with Crippen LogP contribution in [-0.4, -0.2) is 35.3 Å². The molecule has 1 amide bonds. The van der Waals surface area contributed by atoms with Gasteiger partial charge in [0.1, 0.15) is 23.9 Å². The van der Waals surface area contributed by atoms with Gasteiger partial charge in [0.2, 0.25) is 15.9 Å². The fraction of sp³-hybridized carbons (Fsp3) is 0.320. The molecule has 5 rings (SSSR count). The van der Waals surface area contributed by atoms with Gasteiger partial charge in [-0.3, -0.25) is 19.2 Å². The maximum absolute atomic E-state index is 15.1. The summed E-state index contributed by atoms with van der Waals surface area (Å²) in [6, 6.07) is 2.68. The number of fused-ring (bicyclic) bond motifs is 3. The number of hydrogen-bond donors (Lipinski definition) is 2. The first kappa shape index (κ1) is 30.0. The van der Waals surface area contributed by atoms with Gasteiger partial charge in [-0.2, -0.15) is 27.1 Å². The molecule has 0 spiro atoms. The lowest BCUT2D eigenvalue weighted by Gasteiger charge is -2.27. The van der Waals surface area contributed by atoms with E-state index in [1.54, 1.807) is 0 Å². The SMILES string of the molecule is CS(=O)(=O)Nc1cnc([C@H](Cc2cc(F)cc(F)c2)NC(=O)Cn2nc(C(F)(F)F)c3c2C(F)(F)[C@@H]2C=C[C@H]32)c(Br)c1. The molecule has 2 N–H and O–H groups in total. The normalized spacial score (nSPS) is 19.5. The Labute approximate surface area is 242 Å². The third kappa shape index (κ3) is 5.75. The zero-order valence-corrected chi connectivity index (χ0v) is 23.6. The molecule has 224 valence electrons. The van der Waals surface area contributed by atoms with E-state index < -0.39 is 81.0 Å². The van der Waals surface area contributed by atoms with Crippen molar-refractivity contribution in [1.82, 2.24) is 20.1 Å². The number of aromatic nitrogens is 3. The molecule has 3 atom stereocenters. The lowest BCUT2D eigenvalue weighted by molar-refractivity contribution is -0.142. The van der Waals surface area contributed by atoms with Crippen molar-refractivity contribution < 1.29 is 43.9 Å². The fourth-order valence-corrected chi connectivity index (χ4v) is 6.28. The Morgan fingerprint density at radius 1 is 1.14 bits per heavy atom. The van der Waals surface area contributed by atoms with Crippen molar-refractivity contribution in [2.24, 2.45) is 5.92 Å². The van der Waals surface area contributed by atoms with Crippen molar-refractivity contribution in [1.29, 1.82) is 0 Å². The van der Waals surface area contributed by atoms with Crippen molar-refractivity contribution in [3.63, 3.8) is 0 Å². The van der Waals surface area contributed by atoms with Crippen molar-refractivity contribution in [3.8, 4) is 0 Å². The molecule has 0 unspecified atom stereocenters. The van der Waals surface area contributed by atoms with Crippen molar-refractivity contribution in [2.45, 2.75) is 37.0 Å². The Kier molecular flexibility index (Phi) is 7.40. The van der Waals surface area contributed by atoms with E-state index in [-0.39, 0.29) is 27.8 Å². The highest BCUT2D eigenvalue weighted by molar-refractivity contribution is 9.10. The van der Waals surface area contributed by atoms with Gasteiger partial charge in [-0.25, -0.2) is 17.2 Å². The van der Waals surface area contributed by atoms with E-state index in [4.69, 9.17) is 0 Å². The Morgan fingerprint density at radius 3 is 2.36 bits per heavy atom. The van der Waals surface area contributed by atoms with Gasteiger partial charge in [-0.15, -0.1) is 0 Å². The number of hydrogen-bond acceptors (Lipinski definition) is 5. The maximum atomic E-state index is 15.1. The molecule has 42 heavy (non-hydrogen) atoms. The molecule has 2 aliphatic rings. The summed E-state index contributed by atoms with van der Waals surface area (Å²) in [5, 5.41) is 5.80. The number of allylic oxidation sites excluding steroid dienone is 2. The first-order chi connectivity index (χ1) is 19.4. The molecule has 0 bridgehead atoms. The molecule has 0 saturated heterocycles. The average Bonchev–Trinajstić information content (AvgIpc) is 3.21. The van der Waals surface area contributed by atoms with Gasteiger partial charge in [-0.05, 0) is 46.1 Å². The lowest BCUT2D eigenvalue weighted by Crippen LogP contribution is -2.35. The van der Waals surface area contributed by atoms with E-state index in [1.165, 1.54) is 12.1 Å². The smallest absolute Gasteiger partial charge is 0.346 e. The van der Waals surface area contributed by atoms with E-state index in [9.17, 15) is 35.2 Å². The first-order valence-electron chi connectivity index (χ1n) is 12.1. The molecule has 0 radical (unpaired) electrons. The van der Waals surface area contributed by atoms with E-state index in [0.29, 0.717) is 10.7 Å². The molecular weight excluding hydrogens is 663 g/mol. The zero-order valence-electron chi connectivity index (χ0n) is 21.2. The number of nitrogens with one attached hydrogen (secondary N) is 2. The predicted molar refractivity (Wildman–Crippen MR) is 138 cm³/mol. The van der Waals surface area contributed by atoms with Crippen LogP contribution >= 0.6 is 15.9 Å². The van der Waals surface area contributed by atoms with Gasteiger partial charge < -0.3 is 5.32 Å². The van der Waals surface area contributed by atoms with Crippen LogP contribution in [-0.2, 0) is 39.9 Å². The summed E-state index contributed by atoms with van der Waals surface area (Å²) in [5.41, 5.74) is -3.07. The van der Waals surface area contributed by atoms with Gasteiger partial charge in [0.15, 0.2) is 5.69 Å². The molecule has 1 aromatic carbocycles.